The Hall–Kier alpha value is -2.82. The van der Waals surface area contributed by atoms with Crippen LogP contribution in [0.3, 0.4) is 0 Å². The Kier molecular flexibility index (Phi) is 3.55. The van der Waals surface area contributed by atoms with Gasteiger partial charge in [0.15, 0.2) is 0 Å². The Balaban J connectivity index is 1.81. The van der Waals surface area contributed by atoms with E-state index >= 15 is 0 Å². The summed E-state index contributed by atoms with van der Waals surface area (Å²) >= 11 is 0. The van der Waals surface area contributed by atoms with E-state index in [0.29, 0.717) is 11.3 Å². The van der Waals surface area contributed by atoms with Crippen LogP contribution in [-0.4, -0.2) is 11.0 Å². The maximum Gasteiger partial charge on any atom is 0.234 e. The quantitative estimate of drug-likeness (QED) is 0.718. The number of aromatic hydroxyl groups is 1. The fourth-order valence-electron chi connectivity index (χ4n) is 2.19. The fraction of sp³-hybridized carbons (Fsp3) is 0.118. The SMILES string of the molecule is C[C@H](C(=O)Nc1ccc(O)cc1F)c1cc2ccccc2o1. The number of benzene rings is 2. The molecule has 2 aromatic carbocycles. The van der Waals surface area contributed by atoms with Crippen LogP contribution in [0.25, 0.3) is 11.0 Å². The molecule has 22 heavy (non-hydrogen) atoms. The highest BCUT2D eigenvalue weighted by atomic mass is 19.1. The van der Waals surface area contributed by atoms with E-state index < -0.39 is 11.7 Å². The first-order valence-corrected chi connectivity index (χ1v) is 6.82. The van der Waals surface area contributed by atoms with Crippen molar-refractivity contribution in [1.29, 1.82) is 0 Å². The predicted molar refractivity (Wildman–Crippen MR) is 81.3 cm³/mol. The first-order chi connectivity index (χ1) is 10.5. The lowest BCUT2D eigenvalue weighted by molar-refractivity contribution is -0.117. The molecule has 1 amide bonds. The third kappa shape index (κ3) is 2.65. The van der Waals surface area contributed by atoms with Gasteiger partial charge in [-0.3, -0.25) is 4.79 Å². The highest BCUT2D eigenvalue weighted by molar-refractivity contribution is 5.96. The first-order valence-electron chi connectivity index (χ1n) is 6.82. The lowest BCUT2D eigenvalue weighted by Gasteiger charge is -2.10. The maximum atomic E-state index is 13.6. The summed E-state index contributed by atoms with van der Waals surface area (Å²) in [5.74, 6) is -1.33. The number of amides is 1. The summed E-state index contributed by atoms with van der Waals surface area (Å²) in [6.07, 6.45) is 0. The molecule has 0 saturated heterocycles. The van der Waals surface area contributed by atoms with Gasteiger partial charge in [-0.05, 0) is 31.2 Å². The van der Waals surface area contributed by atoms with Gasteiger partial charge < -0.3 is 14.8 Å². The monoisotopic (exact) mass is 299 g/mol. The number of carbonyl (C=O) groups is 1. The Morgan fingerprint density at radius 2 is 2.00 bits per heavy atom. The molecule has 112 valence electrons. The average molecular weight is 299 g/mol. The van der Waals surface area contributed by atoms with Crippen LogP contribution in [0.2, 0.25) is 0 Å². The molecular weight excluding hydrogens is 285 g/mol. The minimum Gasteiger partial charge on any atom is -0.508 e. The van der Waals surface area contributed by atoms with E-state index in [9.17, 15) is 14.3 Å². The van der Waals surface area contributed by atoms with Crippen LogP contribution >= 0.6 is 0 Å². The Labute approximate surface area is 126 Å². The number of hydrogen-bond acceptors (Lipinski definition) is 3. The fourth-order valence-corrected chi connectivity index (χ4v) is 2.19. The van der Waals surface area contributed by atoms with Crippen LogP contribution in [0, 0.1) is 5.82 Å². The second-order valence-corrected chi connectivity index (χ2v) is 5.06. The van der Waals surface area contributed by atoms with Crippen molar-refractivity contribution in [3.05, 3.63) is 60.1 Å². The number of fused-ring (bicyclic) bond motifs is 1. The summed E-state index contributed by atoms with van der Waals surface area (Å²) in [5, 5.41) is 12.6. The van der Waals surface area contributed by atoms with Crippen molar-refractivity contribution in [2.75, 3.05) is 5.32 Å². The van der Waals surface area contributed by atoms with E-state index in [0.717, 1.165) is 11.5 Å². The zero-order valence-electron chi connectivity index (χ0n) is 11.8. The van der Waals surface area contributed by atoms with Gasteiger partial charge in [0.05, 0.1) is 11.6 Å². The zero-order chi connectivity index (χ0) is 15.7. The summed E-state index contributed by atoms with van der Waals surface area (Å²) in [4.78, 5) is 12.2. The molecule has 4 nitrogen and oxygen atoms in total. The molecule has 0 bridgehead atoms. The lowest BCUT2D eigenvalue weighted by Crippen LogP contribution is -2.19. The van der Waals surface area contributed by atoms with Gasteiger partial charge in [-0.2, -0.15) is 0 Å². The highest BCUT2D eigenvalue weighted by Crippen LogP contribution is 2.27. The molecule has 1 aromatic heterocycles. The van der Waals surface area contributed by atoms with E-state index in [1.807, 2.05) is 24.3 Å². The molecule has 0 unspecified atom stereocenters. The number of rotatable bonds is 3. The molecule has 1 heterocycles. The average Bonchev–Trinajstić information content (AvgIpc) is 2.93. The second kappa shape index (κ2) is 5.52. The van der Waals surface area contributed by atoms with Crippen molar-refractivity contribution in [3.63, 3.8) is 0 Å². The van der Waals surface area contributed by atoms with E-state index in [1.54, 1.807) is 13.0 Å². The molecule has 0 aliphatic rings. The van der Waals surface area contributed by atoms with Gasteiger partial charge in [0.1, 0.15) is 22.9 Å². The van der Waals surface area contributed by atoms with Crippen molar-refractivity contribution in [3.8, 4) is 5.75 Å². The van der Waals surface area contributed by atoms with Gasteiger partial charge in [0, 0.05) is 11.5 Å². The standard InChI is InChI=1S/C17H14FNO3/c1-10(16-8-11-4-2-3-5-15(11)22-16)17(21)19-14-7-6-12(20)9-13(14)18/h2-10,20H,1H3,(H,19,21)/t10-/m0/s1. The number of halogens is 1. The first kappa shape index (κ1) is 14.1. The number of furan rings is 1. The molecule has 5 heteroatoms. The lowest BCUT2D eigenvalue weighted by atomic mass is 10.1. The zero-order valence-corrected chi connectivity index (χ0v) is 11.8. The normalized spacial score (nSPS) is 12.3. The molecule has 2 N–H and O–H groups in total. The van der Waals surface area contributed by atoms with Crippen molar-refractivity contribution < 1.29 is 18.7 Å². The Morgan fingerprint density at radius 1 is 1.23 bits per heavy atom. The molecule has 3 aromatic rings. The largest absolute Gasteiger partial charge is 0.508 e. The number of nitrogens with one attached hydrogen (secondary N) is 1. The van der Waals surface area contributed by atoms with Gasteiger partial charge in [-0.15, -0.1) is 0 Å². The van der Waals surface area contributed by atoms with Gasteiger partial charge in [0.2, 0.25) is 5.91 Å². The summed E-state index contributed by atoms with van der Waals surface area (Å²) in [6.45, 7) is 1.69. The van der Waals surface area contributed by atoms with E-state index in [-0.39, 0.29) is 17.3 Å². The predicted octanol–water partition coefficient (Wildman–Crippen LogP) is 4.02. The number of para-hydroxylation sites is 1. The third-order valence-electron chi connectivity index (χ3n) is 3.48. The van der Waals surface area contributed by atoms with Crippen molar-refractivity contribution >= 4 is 22.6 Å². The van der Waals surface area contributed by atoms with Crippen LogP contribution in [0.4, 0.5) is 10.1 Å². The number of carbonyl (C=O) groups excluding carboxylic acids is 1. The molecule has 0 spiro atoms. The van der Waals surface area contributed by atoms with Gasteiger partial charge >= 0.3 is 0 Å². The van der Waals surface area contributed by atoms with Crippen LogP contribution in [0.15, 0.2) is 52.9 Å². The summed E-state index contributed by atoms with van der Waals surface area (Å²) in [7, 11) is 0. The molecule has 3 rings (SSSR count). The molecular formula is C17H14FNO3. The van der Waals surface area contributed by atoms with Crippen molar-refractivity contribution in [2.24, 2.45) is 0 Å². The molecule has 0 radical (unpaired) electrons. The van der Waals surface area contributed by atoms with Gasteiger partial charge in [0.25, 0.3) is 0 Å². The second-order valence-electron chi connectivity index (χ2n) is 5.06. The number of hydrogen-bond donors (Lipinski definition) is 2. The summed E-state index contributed by atoms with van der Waals surface area (Å²) in [5.41, 5.74) is 0.721. The van der Waals surface area contributed by atoms with E-state index in [4.69, 9.17) is 4.42 Å². The van der Waals surface area contributed by atoms with Crippen LogP contribution in [0.1, 0.15) is 18.6 Å². The number of phenolic OH excluding ortho intramolecular Hbond substituents is 1. The summed E-state index contributed by atoms with van der Waals surface area (Å²) < 4.78 is 19.3. The van der Waals surface area contributed by atoms with Gasteiger partial charge in [-0.25, -0.2) is 4.39 Å². The topological polar surface area (TPSA) is 62.5 Å². The number of phenols is 1. The van der Waals surface area contributed by atoms with Gasteiger partial charge in [-0.1, -0.05) is 18.2 Å². The molecule has 0 aliphatic heterocycles. The minimum atomic E-state index is -0.690. The Bertz CT molecular complexity index is 808. The smallest absolute Gasteiger partial charge is 0.234 e. The summed E-state index contributed by atoms with van der Waals surface area (Å²) in [6, 6.07) is 12.8. The van der Waals surface area contributed by atoms with Crippen LogP contribution < -0.4 is 5.32 Å². The highest BCUT2D eigenvalue weighted by Gasteiger charge is 2.20. The third-order valence-corrected chi connectivity index (χ3v) is 3.48. The molecule has 0 fully saturated rings. The molecule has 0 saturated carbocycles. The Morgan fingerprint density at radius 3 is 2.73 bits per heavy atom. The molecule has 0 aliphatic carbocycles. The molecule has 1 atom stereocenters. The minimum absolute atomic E-state index is 0.0192. The van der Waals surface area contributed by atoms with Crippen molar-refractivity contribution in [1.82, 2.24) is 0 Å². The van der Waals surface area contributed by atoms with Crippen LogP contribution in [-0.2, 0) is 4.79 Å². The van der Waals surface area contributed by atoms with E-state index in [1.165, 1.54) is 12.1 Å². The van der Waals surface area contributed by atoms with Crippen molar-refractivity contribution in [2.45, 2.75) is 12.8 Å². The van der Waals surface area contributed by atoms with E-state index in [2.05, 4.69) is 5.32 Å². The van der Waals surface area contributed by atoms with Crippen LogP contribution in [0.5, 0.6) is 5.75 Å². The number of anilines is 1. The maximum absolute atomic E-state index is 13.6.